The van der Waals surface area contributed by atoms with E-state index in [1.165, 1.54) is 17.4 Å². The van der Waals surface area contributed by atoms with Gasteiger partial charge < -0.3 is 26.2 Å². The first-order valence-corrected chi connectivity index (χ1v) is 23.3. The largest absolute Gasteiger partial charge is 0.346 e. The number of carbonyl (C=O) groups excluding carboxylic acids is 5. The Bertz CT molecular complexity index is 1750. The molecule has 318 valence electrons. The summed E-state index contributed by atoms with van der Waals surface area (Å²) in [6.07, 6.45) is 12.2. The molecule has 57 heavy (non-hydrogen) atoms. The zero-order valence-corrected chi connectivity index (χ0v) is 36.4. The van der Waals surface area contributed by atoms with E-state index in [1.807, 2.05) is 6.92 Å². The first-order valence-electron chi connectivity index (χ1n) is 21.0. The average Bonchev–Trinajstić information content (AvgIpc) is 3.47. The minimum absolute atomic E-state index is 0.0542. The topological polar surface area (TPSA) is 187 Å². The zero-order chi connectivity index (χ0) is 41.7. The predicted octanol–water partition coefficient (Wildman–Crippen LogP) is 4.61. The summed E-state index contributed by atoms with van der Waals surface area (Å²) in [7, 11) is -2.33. The molecule has 14 nitrogen and oxygen atoms in total. The number of aryl methyl sites for hydroxylation is 2. The van der Waals surface area contributed by atoms with Crippen LogP contribution >= 0.6 is 11.3 Å². The van der Waals surface area contributed by atoms with Gasteiger partial charge in [0.05, 0.1) is 16.7 Å². The summed E-state index contributed by atoms with van der Waals surface area (Å²) in [6.45, 7) is 13.7. The van der Waals surface area contributed by atoms with Crippen molar-refractivity contribution in [1.29, 1.82) is 0 Å². The molecule has 1 aromatic heterocycles. The summed E-state index contributed by atoms with van der Waals surface area (Å²) in [5.74, 6) is -2.49. The van der Waals surface area contributed by atoms with Crippen LogP contribution in [-0.2, 0) is 29.2 Å². The lowest BCUT2D eigenvalue weighted by molar-refractivity contribution is -0.144. The lowest BCUT2D eigenvalue weighted by atomic mass is 9.82. The number of nitrogens with zero attached hydrogens (tertiary/aromatic N) is 3. The SMILES string of the molecule is C=CCNC(=O)C(=O)C(CCCC)NC(=O)[C@@H]1[C@@H]2[C@H](CN1C(=O)[C@@H](NC(=O)N[C@H](CN(C)S(=O)(=O)c1sc(C)nc1C)C1CCCCC1)C1CCCCC1)C2(C)C. The zero-order valence-electron chi connectivity index (χ0n) is 34.7. The number of Topliss-reactive ketones (excluding diaryl/α,β-unsaturated/α-hetero) is 1. The second-order valence-corrected chi connectivity index (χ2v) is 20.8. The van der Waals surface area contributed by atoms with Crippen molar-refractivity contribution in [3.05, 3.63) is 23.4 Å². The number of piperidine rings is 1. The van der Waals surface area contributed by atoms with Crippen LogP contribution in [0.5, 0.6) is 0 Å². The number of fused-ring (bicyclic) bond motifs is 1. The number of thiazole rings is 1. The van der Waals surface area contributed by atoms with E-state index in [9.17, 15) is 32.4 Å². The highest BCUT2D eigenvalue weighted by atomic mass is 32.2. The number of hydrogen-bond donors (Lipinski definition) is 4. The van der Waals surface area contributed by atoms with Crippen molar-refractivity contribution < 1.29 is 32.4 Å². The van der Waals surface area contributed by atoms with Gasteiger partial charge in [-0.2, -0.15) is 4.31 Å². The summed E-state index contributed by atoms with van der Waals surface area (Å²) in [6, 6.07) is -3.84. The molecule has 4 aliphatic rings. The summed E-state index contributed by atoms with van der Waals surface area (Å²) >= 11 is 1.13. The Morgan fingerprint density at radius 2 is 1.61 bits per heavy atom. The minimum Gasteiger partial charge on any atom is -0.346 e. The maximum Gasteiger partial charge on any atom is 0.315 e. The molecule has 3 aliphatic carbocycles. The molecule has 1 aliphatic heterocycles. The van der Waals surface area contributed by atoms with Crippen molar-refractivity contribution in [2.75, 3.05) is 26.7 Å². The summed E-state index contributed by atoms with van der Waals surface area (Å²) in [5.41, 5.74) is 0.245. The third-order valence-electron chi connectivity index (χ3n) is 13.0. The van der Waals surface area contributed by atoms with E-state index in [1.54, 1.807) is 18.7 Å². The molecule has 5 amide bonds. The van der Waals surface area contributed by atoms with Gasteiger partial charge in [0.1, 0.15) is 12.1 Å². The van der Waals surface area contributed by atoms with Crippen LogP contribution in [0.25, 0.3) is 0 Å². The molecule has 0 radical (unpaired) electrons. The highest BCUT2D eigenvalue weighted by molar-refractivity contribution is 7.91. The monoisotopic (exact) mass is 831 g/mol. The molecule has 0 bridgehead atoms. The Hall–Kier alpha value is -3.37. The fourth-order valence-corrected chi connectivity index (χ4v) is 12.5. The molecule has 4 N–H and O–H groups in total. The second-order valence-electron chi connectivity index (χ2n) is 17.3. The number of urea groups is 1. The molecule has 0 spiro atoms. The standard InChI is InChI=1S/C41H65N7O7S2/c1-8-10-21-30(35(49)37(51)42-22-9-2)44-36(50)34-32-29(41(32,5)6)23-48(34)38(52)33(28-19-15-12-16-20-28)46-40(53)45-31(27-17-13-11-14-18-27)24-47(7)57(54,55)39-25(3)43-26(4)56-39/h9,27-34H,2,8,10-24H2,1,3-7H3,(H,42,51)(H,44,50)(H2,45,46,53)/t29-,30?,31+,32-,33-,34-/m0/s1. The van der Waals surface area contributed by atoms with Crippen molar-refractivity contribution in [1.82, 2.24) is 35.5 Å². The number of hydrogen-bond acceptors (Lipinski definition) is 9. The predicted molar refractivity (Wildman–Crippen MR) is 220 cm³/mol. The quantitative estimate of drug-likeness (QED) is 0.122. The third-order valence-corrected chi connectivity index (χ3v) is 16.5. The van der Waals surface area contributed by atoms with Crippen molar-refractivity contribution in [2.45, 2.75) is 146 Å². The number of rotatable bonds is 18. The molecule has 3 saturated carbocycles. The number of carbonyl (C=O) groups is 5. The van der Waals surface area contributed by atoms with Gasteiger partial charge in [-0.3, -0.25) is 19.2 Å². The van der Waals surface area contributed by atoms with Crippen molar-refractivity contribution in [3.8, 4) is 0 Å². The molecule has 1 unspecified atom stereocenters. The molecule has 2 heterocycles. The van der Waals surface area contributed by atoms with E-state index in [0.717, 1.165) is 82.0 Å². The van der Waals surface area contributed by atoms with E-state index in [0.29, 0.717) is 23.7 Å². The van der Waals surface area contributed by atoms with Gasteiger partial charge in [-0.05, 0) is 75.0 Å². The van der Waals surface area contributed by atoms with E-state index in [2.05, 4.69) is 46.7 Å². The smallest absolute Gasteiger partial charge is 0.315 e. The van der Waals surface area contributed by atoms with Gasteiger partial charge in [0, 0.05) is 32.7 Å². The number of aromatic nitrogens is 1. The number of ketones is 1. The lowest BCUT2D eigenvalue weighted by Crippen LogP contribution is -2.61. The van der Waals surface area contributed by atoms with Crippen LogP contribution in [0.4, 0.5) is 4.79 Å². The van der Waals surface area contributed by atoms with Crippen LogP contribution in [0.15, 0.2) is 16.9 Å². The Morgan fingerprint density at radius 3 is 2.19 bits per heavy atom. The molecule has 1 aromatic rings. The van der Waals surface area contributed by atoms with Crippen LogP contribution in [0.3, 0.4) is 0 Å². The Kier molecular flexibility index (Phi) is 15.0. The van der Waals surface area contributed by atoms with E-state index in [-0.39, 0.29) is 58.7 Å². The minimum atomic E-state index is -3.87. The van der Waals surface area contributed by atoms with E-state index in [4.69, 9.17) is 0 Å². The average molecular weight is 832 g/mol. The molecule has 1 saturated heterocycles. The summed E-state index contributed by atoms with van der Waals surface area (Å²) in [4.78, 5) is 75.1. The van der Waals surface area contributed by atoms with Gasteiger partial charge in [-0.25, -0.2) is 18.2 Å². The number of nitrogens with one attached hydrogen (secondary N) is 4. The van der Waals surface area contributed by atoms with Crippen molar-refractivity contribution in [2.24, 2.45) is 29.1 Å². The maximum atomic E-state index is 14.8. The number of amides is 5. The number of sulfonamides is 1. The highest BCUT2D eigenvalue weighted by Gasteiger charge is 2.69. The van der Waals surface area contributed by atoms with Crippen molar-refractivity contribution in [3.63, 3.8) is 0 Å². The Balaban J connectivity index is 1.36. The normalized spacial score (nSPS) is 23.8. The van der Waals surface area contributed by atoms with E-state index < -0.39 is 57.8 Å². The highest BCUT2D eigenvalue weighted by Crippen LogP contribution is 2.65. The number of likely N-dealkylation sites (tertiary alicyclic amines) is 1. The van der Waals surface area contributed by atoms with Gasteiger partial charge in [0.25, 0.3) is 15.9 Å². The fraction of sp³-hybridized carbons (Fsp3) is 0.756. The summed E-state index contributed by atoms with van der Waals surface area (Å²) in [5, 5.41) is 12.2. The van der Waals surface area contributed by atoms with E-state index >= 15 is 0 Å². The molecule has 4 fully saturated rings. The number of likely N-dealkylation sites (N-methyl/N-ethyl adjacent to an activating group) is 1. The van der Waals surface area contributed by atoms with Crippen molar-refractivity contribution >= 4 is 50.9 Å². The molecular weight excluding hydrogens is 767 g/mol. The molecule has 5 rings (SSSR count). The van der Waals surface area contributed by atoms with Crippen LogP contribution in [0.2, 0.25) is 0 Å². The Morgan fingerprint density at radius 1 is 0.982 bits per heavy atom. The number of unbranched alkanes of at least 4 members (excludes halogenated alkanes) is 1. The van der Waals surface area contributed by atoms with Gasteiger partial charge in [-0.1, -0.05) is 78.2 Å². The fourth-order valence-electron chi connectivity index (χ4n) is 9.65. The summed E-state index contributed by atoms with van der Waals surface area (Å²) < 4.78 is 29.0. The molecule has 16 heteroatoms. The maximum absolute atomic E-state index is 14.8. The van der Waals surface area contributed by atoms with Crippen LogP contribution in [0.1, 0.15) is 115 Å². The van der Waals surface area contributed by atoms with Gasteiger partial charge >= 0.3 is 6.03 Å². The first kappa shape index (κ1) is 44.7. The lowest BCUT2D eigenvalue weighted by Gasteiger charge is -2.38. The van der Waals surface area contributed by atoms with Gasteiger partial charge in [0.2, 0.25) is 17.6 Å². The first-order chi connectivity index (χ1) is 27.0. The Labute approximate surface area is 343 Å². The third kappa shape index (κ3) is 10.3. The van der Waals surface area contributed by atoms with Gasteiger partial charge in [-0.15, -0.1) is 17.9 Å². The van der Waals surface area contributed by atoms with Crippen LogP contribution < -0.4 is 21.3 Å². The molecular formula is C41H65N7O7S2. The second kappa shape index (κ2) is 19.1. The molecule has 6 atom stereocenters. The van der Waals surface area contributed by atoms with Crippen LogP contribution in [-0.4, -0.2) is 103 Å². The molecule has 0 aromatic carbocycles. The van der Waals surface area contributed by atoms with Gasteiger partial charge in [0.15, 0.2) is 4.21 Å². The van der Waals surface area contributed by atoms with Crippen LogP contribution in [0, 0.1) is 42.9 Å².